The van der Waals surface area contributed by atoms with Crippen LogP contribution in [0, 0.1) is 5.82 Å². The molecule has 5 nitrogen and oxygen atoms in total. The number of carbonyl (C=O) groups is 2. The first-order valence-corrected chi connectivity index (χ1v) is 9.12. The number of halogens is 1. The van der Waals surface area contributed by atoms with Gasteiger partial charge in [0.15, 0.2) is 0 Å². The maximum atomic E-state index is 13.8. The van der Waals surface area contributed by atoms with Gasteiger partial charge in [0.25, 0.3) is 5.78 Å². The fourth-order valence-electron chi connectivity index (χ4n) is 3.17. The second-order valence-corrected chi connectivity index (χ2v) is 7.98. The van der Waals surface area contributed by atoms with Crippen molar-refractivity contribution in [2.75, 3.05) is 0 Å². The predicted molar refractivity (Wildman–Crippen MR) is 109 cm³/mol. The third-order valence-corrected chi connectivity index (χ3v) is 4.77. The van der Waals surface area contributed by atoms with Crippen LogP contribution in [-0.2, 0) is 21.5 Å². The lowest BCUT2D eigenvalue weighted by atomic mass is 9.87. The van der Waals surface area contributed by atoms with E-state index in [9.17, 15) is 19.1 Å². The number of aliphatic hydroxyl groups excluding tert-OH is 1. The third kappa shape index (κ3) is 4.37. The van der Waals surface area contributed by atoms with Gasteiger partial charge in [0.05, 0.1) is 0 Å². The molecule has 1 aromatic heterocycles. The SMILES string of the molecule is CC(C)(C)c1ccc(Cn2cc(/C(O)=C\C(=O)C(=O)O)c3cc(F)ccc32)cc1. The fourth-order valence-corrected chi connectivity index (χ4v) is 3.17. The number of carboxylic acids is 1. The van der Waals surface area contributed by atoms with Crippen molar-refractivity contribution in [1.29, 1.82) is 0 Å². The highest BCUT2D eigenvalue weighted by Gasteiger charge is 2.17. The average Bonchev–Trinajstić information content (AvgIpc) is 2.99. The van der Waals surface area contributed by atoms with E-state index < -0.39 is 23.3 Å². The van der Waals surface area contributed by atoms with Crippen molar-refractivity contribution in [3.8, 4) is 0 Å². The lowest BCUT2D eigenvalue weighted by molar-refractivity contribution is -0.146. The number of benzene rings is 2. The highest BCUT2D eigenvalue weighted by molar-refractivity contribution is 6.38. The molecular formula is C23H22FNO4. The van der Waals surface area contributed by atoms with Crippen molar-refractivity contribution in [3.63, 3.8) is 0 Å². The zero-order valence-electron chi connectivity index (χ0n) is 16.4. The van der Waals surface area contributed by atoms with Gasteiger partial charge in [-0.15, -0.1) is 0 Å². The van der Waals surface area contributed by atoms with Crippen molar-refractivity contribution in [1.82, 2.24) is 4.57 Å². The molecule has 29 heavy (non-hydrogen) atoms. The van der Waals surface area contributed by atoms with E-state index in [4.69, 9.17) is 5.11 Å². The number of aliphatic carboxylic acids is 1. The van der Waals surface area contributed by atoms with Crippen molar-refractivity contribution in [3.05, 3.63) is 77.2 Å². The van der Waals surface area contributed by atoms with Gasteiger partial charge in [0.1, 0.15) is 11.6 Å². The average molecular weight is 395 g/mol. The largest absolute Gasteiger partial charge is 0.507 e. The summed E-state index contributed by atoms with van der Waals surface area (Å²) in [7, 11) is 0. The molecule has 0 atom stereocenters. The predicted octanol–water partition coefficient (Wildman–Crippen LogP) is 4.68. The van der Waals surface area contributed by atoms with E-state index in [1.54, 1.807) is 12.3 Å². The van der Waals surface area contributed by atoms with Gasteiger partial charge in [0, 0.05) is 35.3 Å². The zero-order chi connectivity index (χ0) is 21.3. The molecule has 0 fully saturated rings. The number of carbonyl (C=O) groups excluding carboxylic acids is 1. The Morgan fingerprint density at radius 1 is 1.07 bits per heavy atom. The van der Waals surface area contributed by atoms with Crippen LogP contribution < -0.4 is 0 Å². The van der Waals surface area contributed by atoms with E-state index in [2.05, 4.69) is 32.9 Å². The number of nitrogens with zero attached hydrogens (tertiary/aromatic N) is 1. The zero-order valence-corrected chi connectivity index (χ0v) is 16.4. The molecule has 3 aromatic rings. The van der Waals surface area contributed by atoms with E-state index in [-0.39, 0.29) is 11.0 Å². The number of hydrogen-bond donors (Lipinski definition) is 2. The van der Waals surface area contributed by atoms with E-state index in [1.807, 2.05) is 16.7 Å². The van der Waals surface area contributed by atoms with E-state index >= 15 is 0 Å². The molecule has 0 bridgehead atoms. The molecule has 3 rings (SSSR count). The number of aliphatic hydroxyl groups is 1. The van der Waals surface area contributed by atoms with Gasteiger partial charge in [-0.05, 0) is 34.7 Å². The quantitative estimate of drug-likeness (QED) is 0.373. The van der Waals surface area contributed by atoms with Crippen LogP contribution in [-0.4, -0.2) is 26.5 Å². The first-order valence-electron chi connectivity index (χ1n) is 9.12. The van der Waals surface area contributed by atoms with Gasteiger partial charge in [-0.2, -0.15) is 0 Å². The van der Waals surface area contributed by atoms with Gasteiger partial charge in [0.2, 0.25) is 0 Å². The van der Waals surface area contributed by atoms with Crippen LogP contribution in [0.25, 0.3) is 16.7 Å². The second-order valence-electron chi connectivity index (χ2n) is 7.98. The van der Waals surface area contributed by atoms with Crippen molar-refractivity contribution < 1.29 is 24.2 Å². The number of fused-ring (bicyclic) bond motifs is 1. The highest BCUT2D eigenvalue weighted by Crippen LogP contribution is 2.28. The maximum Gasteiger partial charge on any atom is 0.376 e. The molecule has 0 aliphatic rings. The van der Waals surface area contributed by atoms with Crippen molar-refractivity contribution >= 4 is 28.4 Å². The molecule has 2 aromatic carbocycles. The molecule has 0 spiro atoms. The molecule has 0 aliphatic carbocycles. The molecule has 1 heterocycles. The third-order valence-electron chi connectivity index (χ3n) is 4.77. The van der Waals surface area contributed by atoms with Crippen LogP contribution >= 0.6 is 0 Å². The summed E-state index contributed by atoms with van der Waals surface area (Å²) in [4.78, 5) is 22.2. The minimum absolute atomic E-state index is 0.0383. The van der Waals surface area contributed by atoms with Crippen LogP contribution in [0.4, 0.5) is 4.39 Å². The van der Waals surface area contributed by atoms with Crippen LogP contribution in [0.5, 0.6) is 0 Å². The van der Waals surface area contributed by atoms with E-state index in [0.717, 1.165) is 5.56 Å². The standard InChI is InChI=1S/C23H22FNO4/c1-23(2,3)15-6-4-14(5-7-15)12-25-13-18(20(26)11-21(27)22(28)29)17-10-16(24)8-9-19(17)25/h4-11,13,26H,12H2,1-3H3,(H,28,29)/b20-11+. The molecule has 0 saturated heterocycles. The van der Waals surface area contributed by atoms with Gasteiger partial charge in [-0.3, -0.25) is 4.79 Å². The van der Waals surface area contributed by atoms with E-state index in [1.165, 1.54) is 17.7 Å². The van der Waals surface area contributed by atoms with Crippen molar-refractivity contribution in [2.24, 2.45) is 0 Å². The summed E-state index contributed by atoms with van der Waals surface area (Å²) in [6, 6.07) is 12.3. The fraction of sp³-hybridized carbons (Fsp3) is 0.217. The molecule has 0 saturated carbocycles. The Balaban J connectivity index is 2.03. The van der Waals surface area contributed by atoms with Gasteiger partial charge < -0.3 is 14.8 Å². The van der Waals surface area contributed by atoms with Gasteiger partial charge in [-0.25, -0.2) is 9.18 Å². The Morgan fingerprint density at radius 2 is 1.72 bits per heavy atom. The minimum atomic E-state index is -1.68. The lowest BCUT2D eigenvalue weighted by Crippen LogP contribution is -2.11. The Morgan fingerprint density at radius 3 is 2.31 bits per heavy atom. The molecular weight excluding hydrogens is 373 g/mol. The highest BCUT2D eigenvalue weighted by atomic mass is 19.1. The minimum Gasteiger partial charge on any atom is -0.507 e. The lowest BCUT2D eigenvalue weighted by Gasteiger charge is -2.19. The summed E-state index contributed by atoms with van der Waals surface area (Å²) < 4.78 is 15.6. The summed E-state index contributed by atoms with van der Waals surface area (Å²) in [5, 5.41) is 19.4. The van der Waals surface area contributed by atoms with Crippen LogP contribution in [0.15, 0.2) is 54.7 Å². The Bertz CT molecular complexity index is 1120. The molecule has 0 aliphatic heterocycles. The summed E-state index contributed by atoms with van der Waals surface area (Å²) in [5.74, 6) is -3.94. The molecule has 0 unspecified atom stereocenters. The first kappa shape index (κ1) is 20.3. The van der Waals surface area contributed by atoms with Crippen molar-refractivity contribution in [2.45, 2.75) is 32.7 Å². The van der Waals surface area contributed by atoms with Crippen LogP contribution in [0.1, 0.15) is 37.5 Å². The summed E-state index contributed by atoms with van der Waals surface area (Å²) in [6.07, 6.45) is 2.22. The molecule has 0 radical (unpaired) electrons. The summed E-state index contributed by atoms with van der Waals surface area (Å²) in [5.41, 5.74) is 3.10. The molecule has 0 amide bonds. The Labute approximate surface area is 167 Å². The smallest absolute Gasteiger partial charge is 0.376 e. The Kier molecular flexibility index (Phi) is 5.29. The maximum absolute atomic E-state index is 13.8. The van der Waals surface area contributed by atoms with Gasteiger partial charge >= 0.3 is 5.97 Å². The van der Waals surface area contributed by atoms with Crippen LogP contribution in [0.3, 0.4) is 0 Å². The Hall–Kier alpha value is -3.41. The molecule has 6 heteroatoms. The van der Waals surface area contributed by atoms with Gasteiger partial charge in [-0.1, -0.05) is 45.0 Å². The number of hydrogen-bond acceptors (Lipinski definition) is 3. The van der Waals surface area contributed by atoms with E-state index in [0.29, 0.717) is 23.5 Å². The summed E-state index contributed by atoms with van der Waals surface area (Å²) >= 11 is 0. The summed E-state index contributed by atoms with van der Waals surface area (Å²) in [6.45, 7) is 6.87. The number of aromatic nitrogens is 1. The second kappa shape index (κ2) is 7.54. The normalized spacial score (nSPS) is 12.3. The molecule has 2 N–H and O–H groups in total. The first-order chi connectivity index (χ1) is 13.6. The number of ketones is 1. The molecule has 150 valence electrons. The number of rotatable bonds is 5. The van der Waals surface area contributed by atoms with Crippen LogP contribution in [0.2, 0.25) is 0 Å². The topological polar surface area (TPSA) is 79.5 Å². The monoisotopic (exact) mass is 395 g/mol. The number of carboxylic acid groups (broad SMARTS) is 1.